The van der Waals surface area contributed by atoms with Crippen LogP contribution >= 0.6 is 0 Å². The first kappa shape index (κ1) is 12.3. The summed E-state index contributed by atoms with van der Waals surface area (Å²) in [6, 6.07) is 0.667. The summed E-state index contributed by atoms with van der Waals surface area (Å²) in [6.45, 7) is 6.13. The number of hydrogen-bond acceptors (Lipinski definition) is 3. The highest BCUT2D eigenvalue weighted by atomic mass is 16.5. The Morgan fingerprint density at radius 1 is 1.25 bits per heavy atom. The zero-order valence-electron chi connectivity index (χ0n) is 10.4. The van der Waals surface area contributed by atoms with Gasteiger partial charge in [-0.2, -0.15) is 0 Å². The smallest absolute Gasteiger partial charge is 0.0640 e. The normalized spacial score (nSPS) is 36.2. The second kappa shape index (κ2) is 6.58. The summed E-state index contributed by atoms with van der Waals surface area (Å²) < 4.78 is 11.5. The van der Waals surface area contributed by atoms with Gasteiger partial charge in [-0.15, -0.1) is 0 Å². The molecule has 2 aliphatic heterocycles. The van der Waals surface area contributed by atoms with Crippen LogP contribution in [-0.2, 0) is 9.47 Å². The Balaban J connectivity index is 1.76. The largest absolute Gasteiger partial charge is 0.381 e. The van der Waals surface area contributed by atoms with Crippen molar-refractivity contribution < 1.29 is 9.47 Å². The van der Waals surface area contributed by atoms with Crippen molar-refractivity contribution in [3.8, 4) is 0 Å². The Morgan fingerprint density at radius 2 is 2.19 bits per heavy atom. The molecule has 2 aliphatic rings. The molecule has 2 rings (SSSR count). The average molecular weight is 227 g/mol. The SMILES string of the molecule is CCCNC1CCOC(C2CCCOC2)C1. The number of nitrogens with one attached hydrogen (secondary N) is 1. The molecule has 3 atom stereocenters. The summed E-state index contributed by atoms with van der Waals surface area (Å²) in [6.07, 6.45) is 6.48. The minimum atomic E-state index is 0.434. The molecule has 0 bridgehead atoms. The fraction of sp³-hybridized carbons (Fsp3) is 1.00. The topological polar surface area (TPSA) is 30.5 Å². The molecule has 94 valence electrons. The molecule has 16 heavy (non-hydrogen) atoms. The molecular weight excluding hydrogens is 202 g/mol. The number of rotatable bonds is 4. The third kappa shape index (κ3) is 3.44. The number of hydrogen-bond donors (Lipinski definition) is 1. The van der Waals surface area contributed by atoms with E-state index in [1.165, 1.54) is 32.1 Å². The third-order valence-corrected chi connectivity index (χ3v) is 3.72. The summed E-state index contributed by atoms with van der Waals surface area (Å²) in [4.78, 5) is 0. The molecule has 0 aromatic carbocycles. The first-order valence-electron chi connectivity index (χ1n) is 6.83. The lowest BCUT2D eigenvalue weighted by molar-refractivity contribution is -0.0741. The fourth-order valence-corrected chi connectivity index (χ4v) is 2.75. The van der Waals surface area contributed by atoms with E-state index in [1.54, 1.807) is 0 Å². The molecule has 0 spiro atoms. The van der Waals surface area contributed by atoms with Gasteiger partial charge in [0.2, 0.25) is 0 Å². The maximum atomic E-state index is 5.91. The van der Waals surface area contributed by atoms with Crippen molar-refractivity contribution in [2.24, 2.45) is 5.92 Å². The van der Waals surface area contributed by atoms with E-state index in [1.807, 2.05) is 0 Å². The maximum Gasteiger partial charge on any atom is 0.0640 e. The minimum Gasteiger partial charge on any atom is -0.381 e. The van der Waals surface area contributed by atoms with Gasteiger partial charge >= 0.3 is 0 Å². The third-order valence-electron chi connectivity index (χ3n) is 3.72. The van der Waals surface area contributed by atoms with Gasteiger partial charge in [-0.05, 0) is 38.6 Å². The van der Waals surface area contributed by atoms with Crippen molar-refractivity contribution in [2.75, 3.05) is 26.4 Å². The molecule has 3 unspecified atom stereocenters. The summed E-state index contributed by atoms with van der Waals surface area (Å²) in [5, 5.41) is 3.62. The molecule has 0 saturated carbocycles. The van der Waals surface area contributed by atoms with E-state index < -0.39 is 0 Å². The molecule has 3 heteroatoms. The molecule has 0 amide bonds. The molecule has 2 saturated heterocycles. The highest BCUT2D eigenvalue weighted by Crippen LogP contribution is 2.26. The van der Waals surface area contributed by atoms with E-state index in [9.17, 15) is 0 Å². The fourth-order valence-electron chi connectivity index (χ4n) is 2.75. The monoisotopic (exact) mass is 227 g/mol. The molecule has 1 N–H and O–H groups in total. The zero-order valence-corrected chi connectivity index (χ0v) is 10.4. The van der Waals surface area contributed by atoms with Crippen LogP contribution in [0.2, 0.25) is 0 Å². The van der Waals surface area contributed by atoms with Gasteiger partial charge in [0.25, 0.3) is 0 Å². The van der Waals surface area contributed by atoms with Gasteiger partial charge in [0.1, 0.15) is 0 Å². The van der Waals surface area contributed by atoms with Crippen LogP contribution in [0.5, 0.6) is 0 Å². The van der Waals surface area contributed by atoms with Crippen LogP contribution in [-0.4, -0.2) is 38.5 Å². The van der Waals surface area contributed by atoms with E-state index >= 15 is 0 Å². The van der Waals surface area contributed by atoms with Crippen LogP contribution in [0.25, 0.3) is 0 Å². The van der Waals surface area contributed by atoms with Crippen molar-refractivity contribution >= 4 is 0 Å². The van der Waals surface area contributed by atoms with Crippen LogP contribution in [0.1, 0.15) is 39.0 Å². The predicted molar refractivity (Wildman–Crippen MR) is 64.6 cm³/mol. The van der Waals surface area contributed by atoms with Gasteiger partial charge in [0.15, 0.2) is 0 Å². The Kier molecular flexibility index (Phi) is 5.07. The van der Waals surface area contributed by atoms with Crippen molar-refractivity contribution in [1.82, 2.24) is 5.32 Å². The lowest BCUT2D eigenvalue weighted by Gasteiger charge is -2.36. The lowest BCUT2D eigenvalue weighted by Crippen LogP contribution is -2.43. The standard InChI is InChI=1S/C13H25NO2/c1-2-6-14-12-5-8-16-13(9-12)11-4-3-7-15-10-11/h11-14H,2-10H2,1H3. The number of ether oxygens (including phenoxy) is 2. The van der Waals surface area contributed by atoms with E-state index in [4.69, 9.17) is 9.47 Å². The Hall–Kier alpha value is -0.120. The maximum absolute atomic E-state index is 5.91. The van der Waals surface area contributed by atoms with Crippen molar-refractivity contribution in [3.05, 3.63) is 0 Å². The van der Waals surface area contributed by atoms with Gasteiger partial charge in [0.05, 0.1) is 12.7 Å². The summed E-state index contributed by atoms with van der Waals surface area (Å²) >= 11 is 0. The molecule has 2 fully saturated rings. The first-order chi connectivity index (χ1) is 7.90. The average Bonchev–Trinajstić information content (AvgIpc) is 2.38. The molecule has 0 aliphatic carbocycles. The van der Waals surface area contributed by atoms with E-state index in [-0.39, 0.29) is 0 Å². The second-order valence-electron chi connectivity index (χ2n) is 5.06. The molecule has 3 nitrogen and oxygen atoms in total. The van der Waals surface area contributed by atoms with Crippen LogP contribution in [0.4, 0.5) is 0 Å². The van der Waals surface area contributed by atoms with Gasteiger partial charge in [-0.3, -0.25) is 0 Å². The van der Waals surface area contributed by atoms with Gasteiger partial charge < -0.3 is 14.8 Å². The van der Waals surface area contributed by atoms with Crippen LogP contribution in [0.15, 0.2) is 0 Å². The van der Waals surface area contributed by atoms with E-state index in [0.29, 0.717) is 18.1 Å². The predicted octanol–water partition coefficient (Wildman–Crippen LogP) is 1.96. The Morgan fingerprint density at radius 3 is 2.94 bits per heavy atom. The highest BCUT2D eigenvalue weighted by Gasteiger charge is 2.30. The first-order valence-corrected chi connectivity index (χ1v) is 6.83. The van der Waals surface area contributed by atoms with Gasteiger partial charge in [-0.25, -0.2) is 0 Å². The summed E-state index contributed by atoms with van der Waals surface area (Å²) in [5.74, 6) is 0.639. The van der Waals surface area contributed by atoms with Crippen molar-refractivity contribution in [1.29, 1.82) is 0 Å². The molecule has 0 radical (unpaired) electrons. The van der Waals surface area contributed by atoms with E-state index in [0.717, 1.165) is 26.4 Å². The van der Waals surface area contributed by atoms with Crippen molar-refractivity contribution in [3.63, 3.8) is 0 Å². The second-order valence-corrected chi connectivity index (χ2v) is 5.06. The van der Waals surface area contributed by atoms with Crippen LogP contribution in [0.3, 0.4) is 0 Å². The quantitative estimate of drug-likeness (QED) is 0.796. The summed E-state index contributed by atoms with van der Waals surface area (Å²) in [5.41, 5.74) is 0. The van der Waals surface area contributed by atoms with Crippen molar-refractivity contribution in [2.45, 2.75) is 51.2 Å². The Labute approximate surface area is 98.9 Å². The minimum absolute atomic E-state index is 0.434. The van der Waals surface area contributed by atoms with Crippen LogP contribution in [0, 0.1) is 5.92 Å². The van der Waals surface area contributed by atoms with Gasteiger partial charge in [0, 0.05) is 25.2 Å². The molecule has 0 aromatic heterocycles. The highest BCUT2D eigenvalue weighted by molar-refractivity contribution is 4.82. The van der Waals surface area contributed by atoms with Crippen LogP contribution < -0.4 is 5.32 Å². The molecule has 2 heterocycles. The summed E-state index contributed by atoms with van der Waals surface area (Å²) in [7, 11) is 0. The Bertz CT molecular complexity index is 192. The van der Waals surface area contributed by atoms with E-state index in [2.05, 4.69) is 12.2 Å². The zero-order chi connectivity index (χ0) is 11.2. The van der Waals surface area contributed by atoms with Gasteiger partial charge in [-0.1, -0.05) is 6.92 Å². The molecular formula is C13H25NO2. The lowest BCUT2D eigenvalue weighted by atomic mass is 9.89. The molecule has 0 aromatic rings.